The minimum absolute atomic E-state index is 0. The lowest BCUT2D eigenvalue weighted by atomic mass is 10.4. The molecule has 0 atom stereocenters. The number of anilines is 3. The molecule has 4 N–H and O–H groups in total. The molecule has 0 spiro atoms. The summed E-state index contributed by atoms with van der Waals surface area (Å²) in [5, 5.41) is 0. The van der Waals surface area contributed by atoms with Crippen LogP contribution in [-0.4, -0.2) is 24.1 Å². The second kappa shape index (κ2) is 3.96. The van der Waals surface area contributed by atoms with Gasteiger partial charge in [-0.25, -0.2) is 4.98 Å². The van der Waals surface area contributed by atoms with Crippen molar-refractivity contribution in [3.63, 3.8) is 0 Å². The number of nitrogens with zero attached hydrogens (tertiary/aromatic N) is 3. The van der Waals surface area contributed by atoms with Gasteiger partial charge in [-0.15, -0.1) is 12.4 Å². The van der Waals surface area contributed by atoms with E-state index >= 15 is 0 Å². The van der Waals surface area contributed by atoms with Gasteiger partial charge in [-0.3, -0.25) is 0 Å². The highest BCUT2D eigenvalue weighted by Gasteiger charge is 2.02. The van der Waals surface area contributed by atoms with Gasteiger partial charge in [-0.2, -0.15) is 4.98 Å². The Labute approximate surface area is 77.2 Å². The van der Waals surface area contributed by atoms with Crippen molar-refractivity contribution in [3.8, 4) is 0 Å². The Hall–Kier alpha value is -1.23. The first-order valence-corrected chi connectivity index (χ1v) is 3.16. The Morgan fingerprint density at radius 3 is 2.33 bits per heavy atom. The average Bonchev–Trinajstić information content (AvgIpc) is 1.94. The molecule has 0 radical (unpaired) electrons. The predicted molar refractivity (Wildman–Crippen MR) is 52.4 cm³/mol. The van der Waals surface area contributed by atoms with Gasteiger partial charge in [0.25, 0.3) is 0 Å². The van der Waals surface area contributed by atoms with Gasteiger partial charge in [0, 0.05) is 14.1 Å². The predicted octanol–water partition coefficient (Wildman–Crippen LogP) is 0.129. The number of nitrogen functional groups attached to an aromatic ring is 2. The van der Waals surface area contributed by atoms with Crippen LogP contribution in [0.15, 0.2) is 6.20 Å². The van der Waals surface area contributed by atoms with E-state index in [9.17, 15) is 0 Å². The van der Waals surface area contributed by atoms with Crippen molar-refractivity contribution in [2.45, 2.75) is 0 Å². The molecular weight excluding hydrogens is 178 g/mol. The van der Waals surface area contributed by atoms with Crippen molar-refractivity contribution in [1.82, 2.24) is 9.97 Å². The highest BCUT2D eigenvalue weighted by Crippen LogP contribution is 2.16. The van der Waals surface area contributed by atoms with Gasteiger partial charge in [0.15, 0.2) is 5.82 Å². The van der Waals surface area contributed by atoms with E-state index in [2.05, 4.69) is 9.97 Å². The van der Waals surface area contributed by atoms with Crippen LogP contribution in [0.3, 0.4) is 0 Å². The molecule has 0 aliphatic carbocycles. The summed E-state index contributed by atoms with van der Waals surface area (Å²) in [6.07, 6.45) is 1.50. The first kappa shape index (κ1) is 10.8. The molecule has 1 rings (SSSR count). The summed E-state index contributed by atoms with van der Waals surface area (Å²) in [6, 6.07) is 0. The maximum absolute atomic E-state index is 5.57. The monoisotopic (exact) mass is 189 g/mol. The standard InChI is InChI=1S/C6H11N5.ClH/c1-11(2)5-4(7)3-9-6(8)10-5;/h3H,7H2,1-2H3,(H2,8,9,10);1H. The molecule has 6 heteroatoms. The minimum atomic E-state index is 0. The van der Waals surface area contributed by atoms with Crippen molar-refractivity contribution in [1.29, 1.82) is 0 Å². The smallest absolute Gasteiger partial charge is 0.222 e. The fraction of sp³-hybridized carbons (Fsp3) is 0.333. The van der Waals surface area contributed by atoms with Gasteiger partial charge in [0.1, 0.15) is 0 Å². The number of hydrogen-bond donors (Lipinski definition) is 2. The second-order valence-corrected chi connectivity index (χ2v) is 2.40. The van der Waals surface area contributed by atoms with E-state index in [1.807, 2.05) is 14.1 Å². The van der Waals surface area contributed by atoms with E-state index in [4.69, 9.17) is 11.5 Å². The van der Waals surface area contributed by atoms with Gasteiger partial charge < -0.3 is 16.4 Å². The summed E-state index contributed by atoms with van der Waals surface area (Å²) in [7, 11) is 3.69. The molecule has 0 aliphatic heterocycles. The number of halogens is 1. The molecule has 0 aromatic carbocycles. The Morgan fingerprint density at radius 2 is 1.92 bits per heavy atom. The third-order valence-electron chi connectivity index (χ3n) is 1.24. The number of aromatic nitrogens is 2. The van der Waals surface area contributed by atoms with Crippen LogP contribution in [0, 0.1) is 0 Å². The summed E-state index contributed by atoms with van der Waals surface area (Å²) < 4.78 is 0. The Kier molecular flexibility index (Phi) is 3.56. The zero-order valence-corrected chi connectivity index (χ0v) is 7.80. The van der Waals surface area contributed by atoms with Crippen LogP contribution in [0.5, 0.6) is 0 Å². The molecule has 1 aromatic heterocycles. The van der Waals surface area contributed by atoms with E-state index in [1.165, 1.54) is 6.20 Å². The van der Waals surface area contributed by atoms with E-state index in [0.29, 0.717) is 11.5 Å². The van der Waals surface area contributed by atoms with Crippen LogP contribution in [0.2, 0.25) is 0 Å². The summed E-state index contributed by atoms with van der Waals surface area (Å²) in [6.45, 7) is 0. The van der Waals surface area contributed by atoms with Gasteiger partial charge in [0.05, 0.1) is 11.9 Å². The topological polar surface area (TPSA) is 81.1 Å². The van der Waals surface area contributed by atoms with E-state index in [1.54, 1.807) is 4.90 Å². The summed E-state index contributed by atoms with van der Waals surface area (Å²) in [5.41, 5.74) is 11.5. The molecule has 0 aliphatic rings. The fourth-order valence-electron chi connectivity index (χ4n) is 0.754. The molecule has 0 unspecified atom stereocenters. The van der Waals surface area contributed by atoms with Crippen LogP contribution in [0.1, 0.15) is 0 Å². The zero-order valence-electron chi connectivity index (χ0n) is 6.98. The molecule has 0 fully saturated rings. The molecule has 0 saturated carbocycles. The van der Waals surface area contributed by atoms with Gasteiger partial charge >= 0.3 is 0 Å². The molecule has 5 nitrogen and oxygen atoms in total. The highest BCUT2D eigenvalue weighted by atomic mass is 35.5. The number of nitrogens with two attached hydrogens (primary N) is 2. The lowest BCUT2D eigenvalue weighted by molar-refractivity contribution is 1.05. The Bertz CT molecular complexity index is 262. The van der Waals surface area contributed by atoms with Gasteiger partial charge in [-0.1, -0.05) is 0 Å². The molecule has 68 valence electrons. The fourth-order valence-corrected chi connectivity index (χ4v) is 0.754. The van der Waals surface area contributed by atoms with Crippen LogP contribution < -0.4 is 16.4 Å². The quantitative estimate of drug-likeness (QED) is 0.657. The van der Waals surface area contributed by atoms with Crippen molar-refractivity contribution in [2.75, 3.05) is 30.5 Å². The van der Waals surface area contributed by atoms with Crippen LogP contribution >= 0.6 is 12.4 Å². The van der Waals surface area contributed by atoms with Crippen molar-refractivity contribution in [2.24, 2.45) is 0 Å². The molecule has 0 bridgehead atoms. The van der Waals surface area contributed by atoms with Crippen molar-refractivity contribution < 1.29 is 0 Å². The average molecular weight is 190 g/mol. The van der Waals surface area contributed by atoms with Crippen molar-refractivity contribution >= 4 is 29.9 Å². The molecule has 0 saturated heterocycles. The van der Waals surface area contributed by atoms with E-state index in [0.717, 1.165) is 0 Å². The summed E-state index contributed by atoms with van der Waals surface area (Å²) in [4.78, 5) is 9.46. The van der Waals surface area contributed by atoms with Gasteiger partial charge in [0.2, 0.25) is 5.95 Å². The molecular formula is C6H12ClN5. The summed E-state index contributed by atoms with van der Waals surface area (Å²) >= 11 is 0. The molecule has 1 aromatic rings. The summed E-state index contributed by atoms with van der Waals surface area (Å²) in [5.74, 6) is 0.889. The lowest BCUT2D eigenvalue weighted by Gasteiger charge is -2.12. The molecule has 12 heavy (non-hydrogen) atoms. The molecule has 1 heterocycles. The normalized spacial score (nSPS) is 8.83. The molecule has 0 amide bonds. The van der Waals surface area contributed by atoms with Crippen LogP contribution in [-0.2, 0) is 0 Å². The first-order valence-electron chi connectivity index (χ1n) is 3.16. The number of hydrogen-bond acceptors (Lipinski definition) is 5. The first-order chi connectivity index (χ1) is 5.11. The number of rotatable bonds is 1. The maximum atomic E-state index is 5.57. The van der Waals surface area contributed by atoms with E-state index in [-0.39, 0.29) is 18.4 Å². The van der Waals surface area contributed by atoms with Crippen LogP contribution in [0.25, 0.3) is 0 Å². The van der Waals surface area contributed by atoms with Crippen molar-refractivity contribution in [3.05, 3.63) is 6.20 Å². The Balaban J connectivity index is 0.00000121. The minimum Gasteiger partial charge on any atom is -0.394 e. The lowest BCUT2D eigenvalue weighted by Crippen LogP contribution is -2.14. The van der Waals surface area contributed by atoms with E-state index < -0.39 is 0 Å². The third kappa shape index (κ3) is 2.13. The highest BCUT2D eigenvalue weighted by molar-refractivity contribution is 5.85. The van der Waals surface area contributed by atoms with Gasteiger partial charge in [-0.05, 0) is 0 Å². The Morgan fingerprint density at radius 1 is 1.33 bits per heavy atom. The van der Waals surface area contributed by atoms with Crippen LogP contribution in [0.4, 0.5) is 17.5 Å². The maximum Gasteiger partial charge on any atom is 0.222 e. The second-order valence-electron chi connectivity index (χ2n) is 2.40. The zero-order chi connectivity index (χ0) is 8.43. The third-order valence-corrected chi connectivity index (χ3v) is 1.24. The largest absolute Gasteiger partial charge is 0.394 e. The SMILES string of the molecule is CN(C)c1nc(N)ncc1N.Cl.